The minimum absolute atomic E-state index is 0.0412. The highest BCUT2D eigenvalue weighted by Crippen LogP contribution is 2.23. The largest absolute Gasteiger partial charge is 0.492 e. The van der Waals surface area contributed by atoms with Gasteiger partial charge in [-0.2, -0.15) is 0 Å². The molecule has 0 radical (unpaired) electrons. The van der Waals surface area contributed by atoms with Crippen LogP contribution in [0, 0.1) is 0 Å². The number of rotatable bonds is 9. The van der Waals surface area contributed by atoms with Crippen LogP contribution in [0.5, 0.6) is 5.75 Å². The third kappa shape index (κ3) is 7.14. The van der Waals surface area contributed by atoms with Crippen molar-refractivity contribution in [2.75, 3.05) is 26.2 Å². The summed E-state index contributed by atoms with van der Waals surface area (Å²) < 4.78 is 5.91. The quantitative estimate of drug-likeness (QED) is 0.509. The van der Waals surface area contributed by atoms with Crippen LogP contribution >= 0.6 is 0 Å². The van der Waals surface area contributed by atoms with Crippen molar-refractivity contribution in [2.45, 2.75) is 38.3 Å². The van der Waals surface area contributed by atoms with Gasteiger partial charge in [-0.3, -0.25) is 14.7 Å². The van der Waals surface area contributed by atoms with Crippen LogP contribution in [0.15, 0.2) is 72.9 Å². The number of nitrogens with zero attached hydrogens (tertiary/aromatic N) is 2. The monoisotopic (exact) mass is 459 g/mol. The molecule has 0 atom stereocenters. The second kappa shape index (κ2) is 11.3. The van der Waals surface area contributed by atoms with Gasteiger partial charge < -0.3 is 15.2 Å². The zero-order chi connectivity index (χ0) is 23.8. The highest BCUT2D eigenvalue weighted by Gasteiger charge is 2.26. The van der Waals surface area contributed by atoms with Crippen molar-refractivity contribution < 1.29 is 14.6 Å². The van der Waals surface area contributed by atoms with Crippen molar-refractivity contribution in [1.29, 1.82) is 0 Å². The van der Waals surface area contributed by atoms with Crippen molar-refractivity contribution in [3.05, 3.63) is 84.2 Å². The molecular formula is C28H33N3O3. The van der Waals surface area contributed by atoms with Gasteiger partial charge in [-0.15, -0.1) is 0 Å². The number of nitrogens with one attached hydrogen (secondary N) is 1. The maximum Gasteiger partial charge on any atom is 0.226 e. The normalized spacial score (nSPS) is 15.6. The lowest BCUT2D eigenvalue weighted by molar-refractivity contribution is -0.120. The molecule has 34 heavy (non-hydrogen) atoms. The number of piperidine rings is 1. The number of aromatic nitrogens is 1. The summed E-state index contributed by atoms with van der Waals surface area (Å²) in [5.41, 5.74) is 3.36. The summed E-state index contributed by atoms with van der Waals surface area (Å²) in [6, 6.07) is 21.8. The lowest BCUT2D eigenvalue weighted by atomic mass is 9.94. The highest BCUT2D eigenvalue weighted by molar-refractivity contribution is 5.78. The van der Waals surface area contributed by atoms with E-state index in [1.807, 2.05) is 73.7 Å². The summed E-state index contributed by atoms with van der Waals surface area (Å²) in [5.74, 6) is 0.799. The zero-order valence-electron chi connectivity index (χ0n) is 19.7. The molecule has 178 valence electrons. The van der Waals surface area contributed by atoms with E-state index in [0.29, 0.717) is 13.2 Å². The lowest BCUT2D eigenvalue weighted by Crippen LogP contribution is -2.43. The fourth-order valence-electron chi connectivity index (χ4n) is 4.02. The second-order valence-corrected chi connectivity index (χ2v) is 9.19. The molecule has 0 aliphatic carbocycles. The first-order valence-corrected chi connectivity index (χ1v) is 11.9. The topological polar surface area (TPSA) is 74.7 Å². The van der Waals surface area contributed by atoms with Crippen LogP contribution < -0.4 is 10.1 Å². The average Bonchev–Trinajstić information content (AvgIpc) is 2.85. The molecule has 1 fully saturated rings. The summed E-state index contributed by atoms with van der Waals surface area (Å²) in [6.45, 7) is 5.74. The molecule has 2 N–H and O–H groups in total. The van der Waals surface area contributed by atoms with E-state index >= 15 is 0 Å². The van der Waals surface area contributed by atoms with Gasteiger partial charge in [-0.05, 0) is 49.1 Å². The fourth-order valence-corrected chi connectivity index (χ4v) is 4.02. The Balaban J connectivity index is 1.21. The van der Waals surface area contributed by atoms with Crippen LogP contribution in [0.4, 0.5) is 0 Å². The number of carbonyl (C=O) groups excluding carboxylic acids is 1. The van der Waals surface area contributed by atoms with Gasteiger partial charge >= 0.3 is 0 Å². The number of pyridine rings is 1. The number of benzene rings is 2. The second-order valence-electron chi connectivity index (χ2n) is 9.19. The summed E-state index contributed by atoms with van der Waals surface area (Å²) in [6.07, 6.45) is 3.69. The summed E-state index contributed by atoms with van der Waals surface area (Å²) in [4.78, 5) is 19.0. The molecule has 0 bridgehead atoms. The molecule has 1 aliphatic heterocycles. The minimum atomic E-state index is -0.519. The van der Waals surface area contributed by atoms with Crippen LogP contribution in [0.1, 0.15) is 31.0 Å². The van der Waals surface area contributed by atoms with Crippen molar-refractivity contribution in [2.24, 2.45) is 0 Å². The molecule has 0 saturated carbocycles. The first-order valence-electron chi connectivity index (χ1n) is 11.9. The Kier molecular flexibility index (Phi) is 7.93. The predicted octanol–water partition coefficient (Wildman–Crippen LogP) is 3.83. The summed E-state index contributed by atoms with van der Waals surface area (Å²) >= 11 is 0. The van der Waals surface area contributed by atoms with E-state index in [4.69, 9.17) is 4.74 Å². The van der Waals surface area contributed by atoms with Crippen molar-refractivity contribution in [1.82, 2.24) is 15.2 Å². The van der Waals surface area contributed by atoms with E-state index in [-0.39, 0.29) is 12.3 Å². The van der Waals surface area contributed by atoms with Gasteiger partial charge in [0.1, 0.15) is 12.4 Å². The van der Waals surface area contributed by atoms with Gasteiger partial charge in [0.25, 0.3) is 0 Å². The number of hydrogen-bond acceptors (Lipinski definition) is 5. The van der Waals surface area contributed by atoms with Crippen molar-refractivity contribution in [3.63, 3.8) is 0 Å². The van der Waals surface area contributed by atoms with Crippen LogP contribution in [0.3, 0.4) is 0 Å². The first kappa shape index (κ1) is 23.9. The van der Waals surface area contributed by atoms with E-state index in [1.54, 1.807) is 6.20 Å². The third-order valence-corrected chi connectivity index (χ3v) is 6.30. The molecule has 0 spiro atoms. The molecule has 2 aromatic carbocycles. The van der Waals surface area contributed by atoms with Crippen LogP contribution in [-0.4, -0.2) is 52.7 Å². The molecule has 1 amide bonds. The Labute approximate surface area is 201 Å². The summed E-state index contributed by atoms with van der Waals surface area (Å²) in [5, 5.41) is 13.0. The minimum Gasteiger partial charge on any atom is -0.492 e. The molecular weight excluding hydrogens is 426 g/mol. The predicted molar refractivity (Wildman–Crippen MR) is 133 cm³/mol. The standard InChI is InChI=1S/C28H33N3O3/c1-28(33)13-15-31(16-14-28)17-18-34-26-11-8-23(9-12-26)24-7-10-25(29-21-24)19-27(32)30-20-22-5-3-2-4-6-22/h2-12,21,33H,13-20H2,1H3,(H,30,32). The van der Waals surface area contributed by atoms with Gasteiger partial charge in [0, 0.05) is 43.6 Å². The Morgan fingerprint density at radius 1 is 1.03 bits per heavy atom. The SMILES string of the molecule is CC1(O)CCN(CCOc2ccc(-c3ccc(CC(=O)NCc4ccccc4)nc3)cc2)CC1. The van der Waals surface area contributed by atoms with E-state index < -0.39 is 5.60 Å². The molecule has 0 unspecified atom stereocenters. The van der Waals surface area contributed by atoms with E-state index in [0.717, 1.165) is 60.6 Å². The maximum atomic E-state index is 12.2. The molecule has 6 nitrogen and oxygen atoms in total. The number of carbonyl (C=O) groups is 1. The smallest absolute Gasteiger partial charge is 0.226 e. The Hall–Kier alpha value is -3.22. The van der Waals surface area contributed by atoms with E-state index in [9.17, 15) is 9.90 Å². The van der Waals surface area contributed by atoms with Gasteiger partial charge in [-0.25, -0.2) is 0 Å². The van der Waals surface area contributed by atoms with E-state index in [2.05, 4.69) is 15.2 Å². The molecule has 1 aromatic heterocycles. The maximum absolute atomic E-state index is 12.2. The van der Waals surface area contributed by atoms with Gasteiger partial charge in [0.2, 0.25) is 5.91 Å². The Morgan fingerprint density at radius 2 is 1.74 bits per heavy atom. The Bertz CT molecular complexity index is 1040. The van der Waals surface area contributed by atoms with Crippen LogP contribution in [0.25, 0.3) is 11.1 Å². The molecule has 3 aromatic rings. The van der Waals surface area contributed by atoms with Gasteiger partial charge in [0.05, 0.1) is 12.0 Å². The zero-order valence-corrected chi connectivity index (χ0v) is 19.7. The molecule has 1 saturated heterocycles. The van der Waals surface area contributed by atoms with Crippen molar-refractivity contribution >= 4 is 5.91 Å². The number of amides is 1. The number of likely N-dealkylation sites (tertiary alicyclic amines) is 1. The molecule has 4 rings (SSSR count). The van der Waals surface area contributed by atoms with Crippen molar-refractivity contribution in [3.8, 4) is 16.9 Å². The molecule has 2 heterocycles. The van der Waals surface area contributed by atoms with Gasteiger partial charge in [0.15, 0.2) is 0 Å². The third-order valence-electron chi connectivity index (χ3n) is 6.30. The summed E-state index contributed by atoms with van der Waals surface area (Å²) in [7, 11) is 0. The van der Waals surface area contributed by atoms with E-state index in [1.165, 1.54) is 0 Å². The molecule has 6 heteroatoms. The number of ether oxygens (including phenoxy) is 1. The number of hydrogen-bond donors (Lipinski definition) is 2. The highest BCUT2D eigenvalue weighted by atomic mass is 16.5. The van der Waals surface area contributed by atoms with Gasteiger partial charge in [-0.1, -0.05) is 48.5 Å². The molecule has 1 aliphatic rings. The van der Waals surface area contributed by atoms with Crippen LogP contribution in [-0.2, 0) is 17.8 Å². The fraction of sp³-hybridized carbons (Fsp3) is 0.357. The van der Waals surface area contributed by atoms with Crippen LogP contribution in [0.2, 0.25) is 0 Å². The average molecular weight is 460 g/mol. The Morgan fingerprint density at radius 3 is 2.41 bits per heavy atom. The number of aliphatic hydroxyl groups is 1. The lowest BCUT2D eigenvalue weighted by Gasteiger charge is -2.35. The first-order chi connectivity index (χ1) is 16.5.